The first-order chi connectivity index (χ1) is 18.7. The van der Waals surface area contributed by atoms with Crippen molar-refractivity contribution in [1.29, 1.82) is 0 Å². The number of rotatable bonds is 9. The highest BCUT2D eigenvalue weighted by atomic mass is 35.5. The van der Waals surface area contributed by atoms with Crippen LogP contribution in [0.25, 0.3) is 0 Å². The molecule has 0 unspecified atom stereocenters. The SMILES string of the molecule is Cc1nc(Nc2ncc(C(=O)Nc3c(C)cccc3Cl)s2)cc(N2CCN(CCOC(=O)OC(C)C)CC2)n1. The zero-order chi connectivity index (χ0) is 27.9. The second-order valence-electron chi connectivity index (χ2n) is 9.29. The van der Waals surface area contributed by atoms with Crippen LogP contribution in [-0.4, -0.2) is 77.3 Å². The maximum atomic E-state index is 12.8. The van der Waals surface area contributed by atoms with Gasteiger partial charge in [-0.05, 0) is 39.3 Å². The molecule has 1 aliphatic heterocycles. The summed E-state index contributed by atoms with van der Waals surface area (Å²) in [5.41, 5.74) is 1.47. The van der Waals surface area contributed by atoms with Gasteiger partial charge in [0.1, 0.15) is 28.9 Å². The summed E-state index contributed by atoms with van der Waals surface area (Å²) < 4.78 is 10.1. The average Bonchev–Trinajstić information content (AvgIpc) is 3.34. The standard InChI is InChI=1S/C26H32ClN7O4S/c1-16(2)38-26(36)37-13-12-33-8-10-34(11-9-33)22-14-21(29-18(4)30-22)31-25-28-15-20(39-25)24(35)32-23-17(3)6-5-7-19(23)27/h5-7,14-16H,8-13H2,1-4H3,(H,32,35)(H,28,29,30,31). The summed E-state index contributed by atoms with van der Waals surface area (Å²) in [6.45, 7) is 11.4. The highest BCUT2D eigenvalue weighted by Gasteiger charge is 2.20. The molecule has 0 radical (unpaired) electrons. The predicted octanol–water partition coefficient (Wildman–Crippen LogP) is 4.88. The molecular formula is C26H32ClN7O4S. The number of ether oxygens (including phenoxy) is 2. The Morgan fingerprint density at radius 1 is 1.15 bits per heavy atom. The van der Waals surface area contributed by atoms with Gasteiger partial charge in [0.25, 0.3) is 5.91 Å². The van der Waals surface area contributed by atoms with Crippen molar-refractivity contribution in [2.45, 2.75) is 33.8 Å². The fraction of sp³-hybridized carbons (Fsp3) is 0.423. The first-order valence-electron chi connectivity index (χ1n) is 12.6. The van der Waals surface area contributed by atoms with Gasteiger partial charge in [-0.1, -0.05) is 35.1 Å². The number of halogens is 1. The number of hydrogen-bond acceptors (Lipinski definition) is 11. The van der Waals surface area contributed by atoms with Crippen molar-refractivity contribution in [2.24, 2.45) is 0 Å². The van der Waals surface area contributed by atoms with Crippen LogP contribution in [0.3, 0.4) is 0 Å². The van der Waals surface area contributed by atoms with E-state index in [-0.39, 0.29) is 18.6 Å². The molecule has 1 fully saturated rings. The van der Waals surface area contributed by atoms with Crippen LogP contribution in [0, 0.1) is 13.8 Å². The van der Waals surface area contributed by atoms with E-state index in [0.717, 1.165) is 37.6 Å². The molecule has 39 heavy (non-hydrogen) atoms. The highest BCUT2D eigenvalue weighted by molar-refractivity contribution is 7.17. The average molecular weight is 574 g/mol. The van der Waals surface area contributed by atoms with E-state index in [0.29, 0.717) is 38.9 Å². The third-order valence-electron chi connectivity index (χ3n) is 5.91. The Hall–Kier alpha value is -3.48. The number of carbonyl (C=O) groups excluding carboxylic acids is 2. The van der Waals surface area contributed by atoms with Gasteiger partial charge in [-0.25, -0.2) is 19.7 Å². The molecule has 13 heteroatoms. The molecule has 3 aromatic rings. The maximum absolute atomic E-state index is 12.8. The number of piperazine rings is 1. The zero-order valence-electron chi connectivity index (χ0n) is 22.4. The Balaban J connectivity index is 1.31. The summed E-state index contributed by atoms with van der Waals surface area (Å²) in [6.07, 6.45) is 0.691. The van der Waals surface area contributed by atoms with E-state index < -0.39 is 6.16 Å². The number of nitrogens with zero attached hydrogens (tertiary/aromatic N) is 5. The molecular weight excluding hydrogens is 542 g/mol. The Morgan fingerprint density at radius 3 is 2.64 bits per heavy atom. The lowest BCUT2D eigenvalue weighted by molar-refractivity contribution is 0.0287. The number of para-hydroxylation sites is 1. The molecule has 2 N–H and O–H groups in total. The summed E-state index contributed by atoms with van der Waals surface area (Å²) in [4.78, 5) is 42.6. The molecule has 208 valence electrons. The third-order valence-corrected chi connectivity index (χ3v) is 7.13. The van der Waals surface area contributed by atoms with E-state index in [9.17, 15) is 9.59 Å². The maximum Gasteiger partial charge on any atom is 0.508 e. The van der Waals surface area contributed by atoms with E-state index in [1.165, 1.54) is 17.5 Å². The topological polar surface area (TPSA) is 122 Å². The lowest BCUT2D eigenvalue weighted by Gasteiger charge is -2.35. The van der Waals surface area contributed by atoms with E-state index in [1.54, 1.807) is 19.9 Å². The lowest BCUT2D eigenvalue weighted by atomic mass is 10.2. The molecule has 1 amide bonds. The second-order valence-corrected chi connectivity index (χ2v) is 10.7. The molecule has 2 aromatic heterocycles. The van der Waals surface area contributed by atoms with Gasteiger partial charge in [-0.3, -0.25) is 9.69 Å². The molecule has 3 heterocycles. The molecule has 0 saturated carbocycles. The van der Waals surface area contributed by atoms with Crippen molar-refractivity contribution in [2.75, 3.05) is 54.9 Å². The Bertz CT molecular complexity index is 1290. The van der Waals surface area contributed by atoms with Gasteiger partial charge in [0, 0.05) is 38.8 Å². The van der Waals surface area contributed by atoms with Crippen LogP contribution in [-0.2, 0) is 9.47 Å². The van der Waals surface area contributed by atoms with Gasteiger partial charge in [0.05, 0.1) is 23.0 Å². The van der Waals surface area contributed by atoms with Crippen LogP contribution in [0.2, 0.25) is 5.02 Å². The number of aryl methyl sites for hydroxylation is 2. The monoisotopic (exact) mass is 573 g/mol. The first-order valence-corrected chi connectivity index (χ1v) is 13.8. The quantitative estimate of drug-likeness (QED) is 0.342. The van der Waals surface area contributed by atoms with Crippen LogP contribution < -0.4 is 15.5 Å². The molecule has 0 atom stereocenters. The number of hydrogen-bond donors (Lipinski definition) is 2. The number of carbonyl (C=O) groups is 2. The van der Waals surface area contributed by atoms with Crippen molar-refractivity contribution < 1.29 is 19.1 Å². The number of thiazole rings is 1. The summed E-state index contributed by atoms with van der Waals surface area (Å²) in [5.74, 6) is 1.75. The van der Waals surface area contributed by atoms with E-state index in [1.807, 2.05) is 32.0 Å². The van der Waals surface area contributed by atoms with Gasteiger partial charge in [0.2, 0.25) is 0 Å². The van der Waals surface area contributed by atoms with Crippen LogP contribution in [0.5, 0.6) is 0 Å². The smallest absolute Gasteiger partial charge is 0.433 e. The van der Waals surface area contributed by atoms with Crippen molar-refractivity contribution in [1.82, 2.24) is 19.9 Å². The van der Waals surface area contributed by atoms with Gasteiger partial charge in [-0.15, -0.1) is 0 Å². The Morgan fingerprint density at radius 2 is 1.92 bits per heavy atom. The van der Waals surface area contributed by atoms with Crippen LogP contribution in [0.4, 0.5) is 27.2 Å². The van der Waals surface area contributed by atoms with E-state index in [2.05, 4.69) is 35.4 Å². The van der Waals surface area contributed by atoms with Crippen LogP contribution in [0.15, 0.2) is 30.5 Å². The minimum atomic E-state index is -0.635. The van der Waals surface area contributed by atoms with Gasteiger partial charge in [-0.2, -0.15) is 0 Å². The number of anilines is 4. The number of benzene rings is 1. The van der Waals surface area contributed by atoms with Gasteiger partial charge in [0.15, 0.2) is 5.13 Å². The zero-order valence-corrected chi connectivity index (χ0v) is 23.9. The summed E-state index contributed by atoms with van der Waals surface area (Å²) in [5, 5.41) is 7.09. The third kappa shape index (κ3) is 8.01. The fourth-order valence-electron chi connectivity index (χ4n) is 3.97. The van der Waals surface area contributed by atoms with Crippen molar-refractivity contribution in [3.8, 4) is 0 Å². The summed E-state index contributed by atoms with van der Waals surface area (Å²) >= 11 is 7.47. The second kappa shape index (κ2) is 13.0. The molecule has 0 aliphatic carbocycles. The number of amides is 1. The number of nitrogens with one attached hydrogen (secondary N) is 2. The molecule has 1 aromatic carbocycles. The number of aromatic nitrogens is 3. The molecule has 11 nitrogen and oxygen atoms in total. The fourth-order valence-corrected chi connectivity index (χ4v) is 4.96. The molecule has 1 aliphatic rings. The predicted molar refractivity (Wildman–Crippen MR) is 153 cm³/mol. The largest absolute Gasteiger partial charge is 0.508 e. The van der Waals surface area contributed by atoms with E-state index >= 15 is 0 Å². The summed E-state index contributed by atoms with van der Waals surface area (Å²) in [7, 11) is 0. The van der Waals surface area contributed by atoms with Crippen molar-refractivity contribution in [3.63, 3.8) is 0 Å². The molecule has 0 spiro atoms. The lowest BCUT2D eigenvalue weighted by Crippen LogP contribution is -2.47. The first kappa shape index (κ1) is 28.5. The van der Waals surface area contributed by atoms with Crippen molar-refractivity contribution >= 4 is 57.5 Å². The Labute approximate surface area is 236 Å². The van der Waals surface area contributed by atoms with E-state index in [4.69, 9.17) is 21.1 Å². The normalized spacial score (nSPS) is 13.8. The Kier molecular flexibility index (Phi) is 9.54. The van der Waals surface area contributed by atoms with Crippen molar-refractivity contribution in [3.05, 3.63) is 51.7 Å². The van der Waals surface area contributed by atoms with Gasteiger partial charge < -0.3 is 25.0 Å². The van der Waals surface area contributed by atoms with Crippen LogP contribution >= 0.6 is 22.9 Å². The molecule has 0 bridgehead atoms. The minimum Gasteiger partial charge on any atom is -0.433 e. The van der Waals surface area contributed by atoms with Gasteiger partial charge >= 0.3 is 6.16 Å². The van der Waals surface area contributed by atoms with Crippen LogP contribution in [0.1, 0.15) is 34.9 Å². The minimum absolute atomic E-state index is 0.197. The molecule has 1 saturated heterocycles. The highest BCUT2D eigenvalue weighted by Crippen LogP contribution is 2.28. The summed E-state index contributed by atoms with van der Waals surface area (Å²) in [6, 6.07) is 7.34. The molecule has 4 rings (SSSR count).